The van der Waals surface area contributed by atoms with Gasteiger partial charge in [-0.15, -0.1) is 24.0 Å². The van der Waals surface area contributed by atoms with Crippen LogP contribution in [-0.2, 0) is 13.0 Å². The second-order valence-electron chi connectivity index (χ2n) is 5.50. The lowest BCUT2D eigenvalue weighted by Gasteiger charge is -2.12. The van der Waals surface area contributed by atoms with E-state index in [2.05, 4.69) is 32.9 Å². The summed E-state index contributed by atoms with van der Waals surface area (Å²) in [5.74, 6) is 1.76. The third-order valence-corrected chi connectivity index (χ3v) is 3.71. The molecule has 0 atom stereocenters. The predicted octanol–water partition coefficient (Wildman–Crippen LogP) is 2.70. The first-order chi connectivity index (χ1) is 11.8. The summed E-state index contributed by atoms with van der Waals surface area (Å²) in [5.41, 5.74) is 1.29. The van der Waals surface area contributed by atoms with Crippen LogP contribution >= 0.6 is 24.0 Å². The Morgan fingerprint density at radius 3 is 2.68 bits per heavy atom. The van der Waals surface area contributed by atoms with Crippen LogP contribution in [0, 0.1) is 0 Å². The normalized spacial score (nSPS) is 10.9. The minimum Gasteiger partial charge on any atom is -0.497 e. The van der Waals surface area contributed by atoms with Crippen LogP contribution in [0.3, 0.4) is 0 Å². The molecule has 0 aliphatic rings. The molecule has 7 heteroatoms. The monoisotopic (exact) mass is 457 g/mol. The van der Waals surface area contributed by atoms with Gasteiger partial charge in [-0.25, -0.2) is 0 Å². The highest BCUT2D eigenvalue weighted by atomic mass is 127. The molecule has 6 nitrogen and oxygen atoms in total. The molecule has 1 heterocycles. The van der Waals surface area contributed by atoms with E-state index in [1.165, 1.54) is 5.56 Å². The van der Waals surface area contributed by atoms with Crippen molar-refractivity contribution in [2.45, 2.75) is 25.8 Å². The van der Waals surface area contributed by atoms with Gasteiger partial charge in [0.1, 0.15) is 5.75 Å². The molecule has 2 N–H and O–H groups in total. The highest BCUT2D eigenvalue weighted by Crippen LogP contribution is 2.13. The number of nitrogens with zero attached hydrogens (tertiary/aromatic N) is 3. The van der Waals surface area contributed by atoms with Crippen molar-refractivity contribution >= 4 is 29.9 Å². The van der Waals surface area contributed by atoms with Gasteiger partial charge in [-0.05, 0) is 43.0 Å². The third kappa shape index (κ3) is 8.24. The van der Waals surface area contributed by atoms with Gasteiger partial charge in [0.2, 0.25) is 0 Å². The Labute approximate surface area is 167 Å². The molecular weight excluding hydrogens is 429 g/mol. The van der Waals surface area contributed by atoms with E-state index in [-0.39, 0.29) is 24.0 Å². The Kier molecular flexibility index (Phi) is 10.7. The second-order valence-corrected chi connectivity index (χ2v) is 5.50. The lowest BCUT2D eigenvalue weighted by Crippen LogP contribution is -2.38. The van der Waals surface area contributed by atoms with Gasteiger partial charge in [-0.1, -0.05) is 12.1 Å². The van der Waals surface area contributed by atoms with Gasteiger partial charge >= 0.3 is 0 Å². The minimum atomic E-state index is 0. The first-order valence-corrected chi connectivity index (χ1v) is 8.36. The van der Waals surface area contributed by atoms with E-state index in [9.17, 15) is 0 Å². The Morgan fingerprint density at radius 2 is 2.00 bits per heavy atom. The quantitative estimate of drug-likeness (QED) is 0.263. The molecule has 0 bridgehead atoms. The zero-order chi connectivity index (χ0) is 17.0. The molecule has 1 aromatic carbocycles. The van der Waals surface area contributed by atoms with Crippen LogP contribution in [0.2, 0.25) is 0 Å². The summed E-state index contributed by atoms with van der Waals surface area (Å²) in [7, 11) is 3.49. The van der Waals surface area contributed by atoms with Gasteiger partial charge in [0.15, 0.2) is 5.96 Å². The number of ether oxygens (including phenoxy) is 1. The smallest absolute Gasteiger partial charge is 0.190 e. The van der Waals surface area contributed by atoms with E-state index >= 15 is 0 Å². The van der Waals surface area contributed by atoms with Crippen LogP contribution in [0.5, 0.6) is 5.75 Å². The fourth-order valence-electron chi connectivity index (χ4n) is 2.43. The largest absolute Gasteiger partial charge is 0.497 e. The number of halogens is 1. The van der Waals surface area contributed by atoms with Crippen LogP contribution in [0.25, 0.3) is 0 Å². The van der Waals surface area contributed by atoms with Crippen molar-refractivity contribution < 1.29 is 4.74 Å². The van der Waals surface area contributed by atoms with Gasteiger partial charge in [0.25, 0.3) is 0 Å². The SMILES string of the molecule is CN=C(NCCCc1cccc(OC)c1)NCCCn1cccn1.I. The number of guanidine groups is 1. The van der Waals surface area contributed by atoms with E-state index in [0.29, 0.717) is 0 Å². The molecular formula is C18H28IN5O. The summed E-state index contributed by atoms with van der Waals surface area (Å²) in [6, 6.07) is 10.2. The lowest BCUT2D eigenvalue weighted by atomic mass is 10.1. The maximum Gasteiger partial charge on any atom is 0.190 e. The number of nitrogens with one attached hydrogen (secondary N) is 2. The van der Waals surface area contributed by atoms with Gasteiger partial charge in [-0.2, -0.15) is 5.10 Å². The molecule has 0 amide bonds. The van der Waals surface area contributed by atoms with Crippen LogP contribution in [-0.4, -0.2) is 43.0 Å². The Morgan fingerprint density at radius 1 is 1.20 bits per heavy atom. The number of hydrogen-bond donors (Lipinski definition) is 2. The van der Waals surface area contributed by atoms with Crippen molar-refractivity contribution in [1.29, 1.82) is 0 Å². The fourth-order valence-corrected chi connectivity index (χ4v) is 2.43. The molecule has 0 saturated carbocycles. The Bertz CT molecular complexity index is 616. The molecule has 0 spiro atoms. The highest BCUT2D eigenvalue weighted by Gasteiger charge is 1.99. The van der Waals surface area contributed by atoms with Gasteiger partial charge in [0, 0.05) is 39.1 Å². The van der Waals surface area contributed by atoms with Crippen molar-refractivity contribution in [3.05, 3.63) is 48.3 Å². The summed E-state index contributed by atoms with van der Waals surface area (Å²) in [6.07, 6.45) is 6.84. The summed E-state index contributed by atoms with van der Waals surface area (Å²) < 4.78 is 7.18. The average molecular weight is 457 g/mol. The minimum absolute atomic E-state index is 0. The molecule has 0 saturated heterocycles. The van der Waals surface area contributed by atoms with Crippen molar-refractivity contribution in [3.63, 3.8) is 0 Å². The van der Waals surface area contributed by atoms with Crippen molar-refractivity contribution in [2.24, 2.45) is 4.99 Å². The molecule has 2 rings (SSSR count). The number of aliphatic imine (C=N–C) groups is 1. The number of aryl methyl sites for hydroxylation is 2. The summed E-state index contributed by atoms with van der Waals surface area (Å²) in [4.78, 5) is 4.25. The third-order valence-electron chi connectivity index (χ3n) is 3.71. The van der Waals surface area contributed by atoms with E-state index in [1.807, 2.05) is 29.1 Å². The van der Waals surface area contributed by atoms with Gasteiger partial charge in [-0.3, -0.25) is 9.67 Å². The Hall–Kier alpha value is -1.77. The number of aromatic nitrogens is 2. The van der Waals surface area contributed by atoms with Crippen molar-refractivity contribution in [1.82, 2.24) is 20.4 Å². The number of rotatable bonds is 9. The summed E-state index contributed by atoms with van der Waals surface area (Å²) in [5, 5.41) is 10.9. The van der Waals surface area contributed by atoms with Crippen LogP contribution < -0.4 is 15.4 Å². The van der Waals surface area contributed by atoms with Crippen LogP contribution in [0.15, 0.2) is 47.7 Å². The number of methoxy groups -OCH3 is 1. The first kappa shape index (κ1) is 21.3. The highest BCUT2D eigenvalue weighted by molar-refractivity contribution is 14.0. The van der Waals surface area contributed by atoms with Crippen LogP contribution in [0.1, 0.15) is 18.4 Å². The van der Waals surface area contributed by atoms with Gasteiger partial charge in [0.05, 0.1) is 7.11 Å². The van der Waals surface area contributed by atoms with Crippen molar-refractivity contribution in [2.75, 3.05) is 27.2 Å². The second kappa shape index (κ2) is 12.6. The maximum absolute atomic E-state index is 5.25. The van der Waals surface area contributed by atoms with E-state index in [4.69, 9.17) is 4.74 Å². The molecule has 25 heavy (non-hydrogen) atoms. The zero-order valence-electron chi connectivity index (χ0n) is 14.9. The summed E-state index contributed by atoms with van der Waals surface area (Å²) >= 11 is 0. The molecule has 0 fully saturated rings. The fraction of sp³-hybridized carbons (Fsp3) is 0.444. The van der Waals surface area contributed by atoms with Crippen LogP contribution in [0.4, 0.5) is 0 Å². The lowest BCUT2D eigenvalue weighted by molar-refractivity contribution is 0.414. The zero-order valence-corrected chi connectivity index (χ0v) is 17.3. The molecule has 0 aliphatic heterocycles. The van der Waals surface area contributed by atoms with E-state index < -0.39 is 0 Å². The van der Waals surface area contributed by atoms with Crippen molar-refractivity contribution in [3.8, 4) is 5.75 Å². The van der Waals surface area contributed by atoms with E-state index in [0.717, 1.165) is 50.6 Å². The number of hydrogen-bond acceptors (Lipinski definition) is 3. The molecule has 0 aliphatic carbocycles. The first-order valence-electron chi connectivity index (χ1n) is 8.36. The Balaban J connectivity index is 0.00000312. The standard InChI is InChI=1S/C18H27N5O.HI/c1-19-18(21-11-5-13-23-14-6-12-22-23)20-10-4-8-16-7-3-9-17(15-16)24-2;/h3,6-7,9,12,14-15H,4-5,8,10-11,13H2,1-2H3,(H2,19,20,21);1H. The molecule has 138 valence electrons. The average Bonchev–Trinajstić information content (AvgIpc) is 3.14. The van der Waals surface area contributed by atoms with Gasteiger partial charge < -0.3 is 15.4 Å². The number of benzene rings is 1. The molecule has 1 aromatic heterocycles. The molecule has 0 radical (unpaired) electrons. The summed E-state index contributed by atoms with van der Waals surface area (Å²) in [6.45, 7) is 2.66. The van der Waals surface area contributed by atoms with E-state index in [1.54, 1.807) is 20.4 Å². The topological polar surface area (TPSA) is 63.5 Å². The molecule has 2 aromatic rings. The molecule has 0 unspecified atom stereocenters. The predicted molar refractivity (Wildman–Crippen MR) is 113 cm³/mol. The maximum atomic E-state index is 5.25.